The molecule has 0 saturated carbocycles. The van der Waals surface area contributed by atoms with Crippen molar-refractivity contribution >= 4 is 69.1 Å². The van der Waals surface area contributed by atoms with Crippen LogP contribution in [-0.4, -0.2) is 114 Å². The maximum Gasteiger partial charge on any atom is 0.274 e. The number of rotatable bonds is 29. The molecule has 8 atom stereocenters. The zero-order valence-corrected chi connectivity index (χ0v) is 38.3. The van der Waals surface area contributed by atoms with Gasteiger partial charge in [-0.2, -0.15) is 0 Å². The summed E-state index contributed by atoms with van der Waals surface area (Å²) in [5.74, 6) is -1.36. The smallest absolute Gasteiger partial charge is 0.274 e. The standard InChI is InChI=1S/C34H58N7O18P3S/c1-4-5-6-7-8-9-10-11-12-22(42)17-25(44)63-16-15-36-24(43)13-14-37-32(47)29(46)34(2,3)19-56-62(53,54)59-61(51,52)55-18-23-28(58-60(48,49)50)27(45)33(57-23)41-21-40-26-30(35)38-20-39-31(26)41/h9-10,20-23,27-29,33,42,45-46H,4-8,11-19H2,1-3H3,(H,36,43)(H,37,47)(H,51,52)(H,53,54)(H2,35,38,39)(H2,48,49,50)/p-4/b10-9+/t22-,23-,27-,28-,29+,33-/m1/s1. The second-order valence-electron chi connectivity index (χ2n) is 15.0. The van der Waals surface area contributed by atoms with E-state index in [9.17, 15) is 63.0 Å². The van der Waals surface area contributed by atoms with Crippen LogP contribution in [-0.2, 0) is 50.7 Å². The van der Waals surface area contributed by atoms with E-state index in [1.54, 1.807) is 0 Å². The maximum atomic E-state index is 12.6. The molecule has 25 nitrogen and oxygen atoms in total. The fourth-order valence-corrected chi connectivity index (χ4v) is 9.32. The number of hydrogen-bond acceptors (Lipinski definition) is 23. The van der Waals surface area contributed by atoms with Gasteiger partial charge in [0.05, 0.1) is 33.5 Å². The molecule has 358 valence electrons. The number of phosphoric ester groups is 3. The van der Waals surface area contributed by atoms with Gasteiger partial charge < -0.3 is 74.1 Å². The Labute approximate surface area is 367 Å². The predicted octanol–water partition coefficient (Wildman–Crippen LogP) is -0.805. The van der Waals surface area contributed by atoms with Crippen molar-refractivity contribution in [3.05, 3.63) is 24.8 Å². The number of nitrogens with zero attached hydrogens (tertiary/aromatic N) is 4. The Morgan fingerprint density at radius 1 is 1.02 bits per heavy atom. The number of fused-ring (bicyclic) bond motifs is 1. The molecule has 63 heavy (non-hydrogen) atoms. The zero-order chi connectivity index (χ0) is 47.0. The number of nitrogens with one attached hydrogen (secondary N) is 2. The molecule has 2 amide bonds. The summed E-state index contributed by atoms with van der Waals surface area (Å²) in [6, 6.07) is 0. The van der Waals surface area contributed by atoms with Gasteiger partial charge in [0.15, 0.2) is 22.8 Å². The van der Waals surface area contributed by atoms with Crippen molar-refractivity contribution in [1.82, 2.24) is 30.2 Å². The van der Waals surface area contributed by atoms with Crippen LogP contribution in [0.3, 0.4) is 0 Å². The molecule has 1 saturated heterocycles. The van der Waals surface area contributed by atoms with Crippen molar-refractivity contribution in [2.45, 2.75) is 115 Å². The summed E-state index contributed by atoms with van der Waals surface area (Å²) in [4.78, 5) is 96.6. The molecule has 0 bridgehead atoms. The molecule has 2 unspecified atom stereocenters. The van der Waals surface area contributed by atoms with Crippen molar-refractivity contribution in [2.24, 2.45) is 5.41 Å². The minimum Gasteiger partial charge on any atom is -0.790 e. The molecule has 0 radical (unpaired) electrons. The number of ether oxygens (including phenoxy) is 1. The second kappa shape index (κ2) is 25.2. The van der Waals surface area contributed by atoms with E-state index in [1.165, 1.54) is 33.1 Å². The highest BCUT2D eigenvalue weighted by molar-refractivity contribution is 8.13. The highest BCUT2D eigenvalue weighted by Crippen LogP contribution is 2.56. The van der Waals surface area contributed by atoms with Crippen LogP contribution in [0.5, 0.6) is 0 Å². The Kier molecular flexibility index (Phi) is 21.9. The van der Waals surface area contributed by atoms with E-state index in [0.29, 0.717) is 12.8 Å². The lowest BCUT2D eigenvalue weighted by molar-refractivity contribution is -0.347. The number of phosphoric acid groups is 3. The zero-order valence-electron chi connectivity index (χ0n) is 34.8. The molecule has 1 aliphatic rings. The first-order chi connectivity index (χ1) is 29.4. The molecule has 2 aromatic rings. The van der Waals surface area contributed by atoms with E-state index in [2.05, 4.69) is 56.5 Å². The molecule has 29 heteroatoms. The number of nitrogens with two attached hydrogens (primary N) is 1. The summed E-state index contributed by atoms with van der Waals surface area (Å²) in [6.45, 7) is 2.12. The Hall–Kier alpha value is -2.74. The summed E-state index contributed by atoms with van der Waals surface area (Å²) in [5.41, 5.74) is 4.05. The number of thioether (sulfide) groups is 1. The van der Waals surface area contributed by atoms with E-state index in [0.717, 1.165) is 41.8 Å². The molecular weight excluding hydrogens is 919 g/mol. The van der Waals surface area contributed by atoms with Gasteiger partial charge in [-0.3, -0.25) is 28.1 Å². The third kappa shape index (κ3) is 18.9. The Balaban J connectivity index is 1.38. The molecule has 3 rings (SSSR count). The maximum absolute atomic E-state index is 12.6. The Morgan fingerprint density at radius 3 is 2.41 bits per heavy atom. The van der Waals surface area contributed by atoms with E-state index >= 15 is 0 Å². The third-order valence-corrected chi connectivity index (χ3v) is 13.1. The number of allylic oxidation sites excluding steroid dienone is 2. The summed E-state index contributed by atoms with van der Waals surface area (Å²) in [7, 11) is -17.6. The monoisotopic (exact) mass is 973 g/mol. The summed E-state index contributed by atoms with van der Waals surface area (Å²) < 4.78 is 60.7. The normalized spacial score (nSPS) is 21.2. The van der Waals surface area contributed by atoms with Gasteiger partial charge >= 0.3 is 0 Å². The van der Waals surface area contributed by atoms with Crippen LogP contribution in [0.4, 0.5) is 5.82 Å². The topological polar surface area (TPSA) is 395 Å². The number of aliphatic hydroxyl groups excluding tert-OH is 3. The van der Waals surface area contributed by atoms with Gasteiger partial charge in [-0.15, -0.1) is 0 Å². The number of hydrogen-bond donors (Lipinski definition) is 6. The summed E-state index contributed by atoms with van der Waals surface area (Å²) >= 11 is 0.964. The molecule has 7 N–H and O–H groups in total. The van der Waals surface area contributed by atoms with Crippen LogP contribution >= 0.6 is 35.2 Å². The van der Waals surface area contributed by atoms with Crippen molar-refractivity contribution < 1.29 is 85.6 Å². The lowest BCUT2D eigenvalue weighted by atomic mass is 9.87. The van der Waals surface area contributed by atoms with Crippen molar-refractivity contribution in [1.29, 1.82) is 0 Å². The van der Waals surface area contributed by atoms with Crippen LogP contribution < -0.4 is 35.9 Å². The number of amides is 2. The van der Waals surface area contributed by atoms with Gasteiger partial charge in [-0.05, 0) is 25.7 Å². The number of anilines is 1. The predicted molar refractivity (Wildman–Crippen MR) is 216 cm³/mol. The second-order valence-corrected chi connectivity index (χ2v) is 20.2. The van der Waals surface area contributed by atoms with Gasteiger partial charge in [-0.1, -0.05) is 63.9 Å². The van der Waals surface area contributed by atoms with Crippen LogP contribution in [0.2, 0.25) is 0 Å². The molecule has 1 fully saturated rings. The molecule has 2 aromatic heterocycles. The number of carbonyl (C=O) groups is 3. The number of aromatic nitrogens is 4. The van der Waals surface area contributed by atoms with Gasteiger partial charge in [0.25, 0.3) is 15.6 Å². The van der Waals surface area contributed by atoms with E-state index in [4.69, 9.17) is 10.5 Å². The van der Waals surface area contributed by atoms with E-state index in [1.807, 2.05) is 6.08 Å². The lowest BCUT2D eigenvalue weighted by Gasteiger charge is -2.36. The number of nitrogen functional groups attached to an aromatic ring is 1. The number of carbonyl (C=O) groups excluding carboxylic acids is 3. The van der Waals surface area contributed by atoms with Gasteiger partial charge in [-0.25, -0.2) is 19.3 Å². The average molecular weight is 974 g/mol. The number of imidazole rings is 1. The first-order valence-electron chi connectivity index (χ1n) is 19.8. The fraction of sp³-hybridized carbons (Fsp3) is 0.706. The van der Waals surface area contributed by atoms with Crippen molar-refractivity contribution in [2.75, 3.05) is 37.8 Å². The van der Waals surface area contributed by atoms with Gasteiger partial charge in [0, 0.05) is 37.1 Å². The first kappa shape index (κ1) is 54.6. The minimum absolute atomic E-state index is 0.0185. The Morgan fingerprint density at radius 2 is 1.71 bits per heavy atom. The van der Waals surface area contributed by atoms with Gasteiger partial charge in [0.2, 0.25) is 11.8 Å². The van der Waals surface area contributed by atoms with E-state index < -0.39 is 90.7 Å². The molecule has 0 aliphatic carbocycles. The third-order valence-electron chi connectivity index (χ3n) is 9.20. The summed E-state index contributed by atoms with van der Waals surface area (Å²) in [5, 5.41) is 36.2. The van der Waals surface area contributed by atoms with Gasteiger partial charge in [0.1, 0.15) is 36.3 Å². The molecule has 0 spiro atoms. The van der Waals surface area contributed by atoms with Crippen LogP contribution in [0.1, 0.15) is 84.8 Å². The SMILES string of the molecule is CCCCCC/C=C/CC[C@@H](O)CC(=O)SCCNC(=O)CCNC(=O)[C@H](O)C(C)(C)COP(=O)([O-])OP(=O)([O-])OC[C@H]1O[C@@H](n2cnc3c(N)ncnc32)[C@H](O)[C@@H]1OP(=O)([O-])[O-]. The van der Waals surface area contributed by atoms with Crippen molar-refractivity contribution in [3.63, 3.8) is 0 Å². The molecule has 3 heterocycles. The first-order valence-corrected chi connectivity index (χ1v) is 25.1. The van der Waals surface area contributed by atoms with Crippen LogP contribution in [0, 0.1) is 5.41 Å². The number of unbranched alkanes of at least 4 members (excludes halogenated alkanes) is 4. The van der Waals surface area contributed by atoms with Crippen LogP contribution in [0.15, 0.2) is 24.8 Å². The largest absolute Gasteiger partial charge is 0.790 e. The van der Waals surface area contributed by atoms with Crippen LogP contribution in [0.25, 0.3) is 11.2 Å². The lowest BCUT2D eigenvalue weighted by Crippen LogP contribution is -2.46. The molecule has 0 aromatic carbocycles. The highest BCUT2D eigenvalue weighted by Gasteiger charge is 2.47. The summed E-state index contributed by atoms with van der Waals surface area (Å²) in [6.07, 6.45) is 2.46. The average Bonchev–Trinajstić information content (AvgIpc) is 3.75. The fourth-order valence-electron chi connectivity index (χ4n) is 5.84. The minimum atomic E-state index is -5.93. The number of aliphatic hydroxyl groups is 3. The van der Waals surface area contributed by atoms with Crippen molar-refractivity contribution in [3.8, 4) is 0 Å². The van der Waals surface area contributed by atoms with E-state index in [-0.39, 0.29) is 53.8 Å². The highest BCUT2D eigenvalue weighted by atomic mass is 32.2. The Bertz CT molecular complexity index is 1990. The quantitative estimate of drug-likeness (QED) is 0.0330. The molecule has 1 aliphatic heterocycles. The molecular formula is C34H54N7O18P3S-4.